The van der Waals surface area contributed by atoms with E-state index in [4.69, 9.17) is 0 Å². The molecule has 1 aromatic carbocycles. The average molecular weight is 317 g/mol. The molecule has 4 aromatic rings. The van der Waals surface area contributed by atoms with Crippen LogP contribution in [0.5, 0.6) is 0 Å². The largest absolute Gasteiger partial charge is 0.333 e. The van der Waals surface area contributed by atoms with E-state index in [2.05, 4.69) is 15.2 Å². The molecule has 0 saturated heterocycles. The second-order valence-corrected chi connectivity index (χ2v) is 5.60. The lowest BCUT2D eigenvalue weighted by atomic mass is 10.2. The second kappa shape index (κ2) is 5.73. The predicted octanol–water partition coefficient (Wildman–Crippen LogP) is 2.55. The Hall–Kier alpha value is -3.28. The molecule has 0 aliphatic carbocycles. The highest BCUT2D eigenvalue weighted by molar-refractivity contribution is 5.94. The minimum atomic E-state index is -0.145. The molecule has 0 spiro atoms. The minimum Gasteiger partial charge on any atom is -0.333 e. The first-order valence-electron chi connectivity index (χ1n) is 7.62. The summed E-state index contributed by atoms with van der Waals surface area (Å²) < 4.78 is 1.87. The maximum Gasteiger partial charge on any atom is 0.272 e. The normalized spacial score (nSPS) is 11.0. The summed E-state index contributed by atoms with van der Waals surface area (Å²) in [7, 11) is 1.74. The Balaban J connectivity index is 1.61. The summed E-state index contributed by atoms with van der Waals surface area (Å²) in [6.07, 6.45) is 1.89. The van der Waals surface area contributed by atoms with Crippen LogP contribution in [0.1, 0.15) is 16.3 Å². The molecule has 0 radical (unpaired) electrons. The van der Waals surface area contributed by atoms with Crippen molar-refractivity contribution in [1.29, 1.82) is 0 Å². The molecule has 0 aliphatic rings. The fraction of sp³-hybridized carbons (Fsp3) is 0.111. The van der Waals surface area contributed by atoms with E-state index < -0.39 is 0 Å². The molecule has 0 N–H and O–H groups in total. The van der Waals surface area contributed by atoms with Crippen molar-refractivity contribution in [1.82, 2.24) is 24.5 Å². The number of fused-ring (bicyclic) bond motifs is 2. The molecular weight excluding hydrogens is 302 g/mol. The van der Waals surface area contributed by atoms with E-state index in [1.807, 2.05) is 59.1 Å². The van der Waals surface area contributed by atoms with Gasteiger partial charge in [-0.3, -0.25) is 9.20 Å². The maximum absolute atomic E-state index is 12.7. The van der Waals surface area contributed by atoms with Crippen molar-refractivity contribution < 1.29 is 4.79 Å². The van der Waals surface area contributed by atoms with Gasteiger partial charge in [0.1, 0.15) is 5.69 Å². The summed E-state index contributed by atoms with van der Waals surface area (Å²) in [4.78, 5) is 18.7. The third-order valence-electron chi connectivity index (χ3n) is 3.93. The van der Waals surface area contributed by atoms with Crippen molar-refractivity contribution in [3.05, 3.63) is 72.3 Å². The Labute approximate surface area is 138 Å². The third-order valence-corrected chi connectivity index (χ3v) is 3.93. The molecule has 118 valence electrons. The number of aromatic nitrogens is 4. The van der Waals surface area contributed by atoms with Crippen LogP contribution in [-0.4, -0.2) is 37.4 Å². The van der Waals surface area contributed by atoms with Gasteiger partial charge in [0.2, 0.25) is 0 Å². The van der Waals surface area contributed by atoms with Gasteiger partial charge in [0.25, 0.3) is 5.91 Å². The van der Waals surface area contributed by atoms with Crippen molar-refractivity contribution in [2.45, 2.75) is 6.54 Å². The number of carbonyl (C=O) groups is 1. The number of hydrogen-bond acceptors (Lipinski definition) is 4. The van der Waals surface area contributed by atoms with Gasteiger partial charge in [0.15, 0.2) is 11.5 Å². The molecule has 0 saturated carbocycles. The Morgan fingerprint density at radius 3 is 2.79 bits per heavy atom. The van der Waals surface area contributed by atoms with Crippen molar-refractivity contribution in [3.63, 3.8) is 0 Å². The summed E-state index contributed by atoms with van der Waals surface area (Å²) in [6, 6.07) is 17.1. The van der Waals surface area contributed by atoms with E-state index in [1.54, 1.807) is 18.0 Å². The molecule has 0 bridgehead atoms. The number of nitrogens with zero attached hydrogens (tertiary/aromatic N) is 5. The smallest absolute Gasteiger partial charge is 0.272 e. The fourth-order valence-electron chi connectivity index (χ4n) is 2.66. The van der Waals surface area contributed by atoms with Crippen molar-refractivity contribution >= 4 is 22.5 Å². The molecule has 3 aromatic heterocycles. The first kappa shape index (κ1) is 14.3. The second-order valence-electron chi connectivity index (χ2n) is 5.60. The number of hydrogen-bond donors (Lipinski definition) is 0. The zero-order chi connectivity index (χ0) is 16.5. The molecule has 3 heterocycles. The number of amides is 1. The van der Waals surface area contributed by atoms with Crippen LogP contribution in [0.15, 0.2) is 60.8 Å². The van der Waals surface area contributed by atoms with Crippen LogP contribution in [-0.2, 0) is 6.54 Å². The number of para-hydroxylation sites is 1. The zero-order valence-corrected chi connectivity index (χ0v) is 13.1. The van der Waals surface area contributed by atoms with E-state index in [0.29, 0.717) is 18.1 Å². The van der Waals surface area contributed by atoms with Gasteiger partial charge in [-0.05, 0) is 24.3 Å². The van der Waals surface area contributed by atoms with Crippen LogP contribution in [0.2, 0.25) is 0 Å². The van der Waals surface area contributed by atoms with E-state index in [-0.39, 0.29) is 5.91 Å². The van der Waals surface area contributed by atoms with E-state index >= 15 is 0 Å². The van der Waals surface area contributed by atoms with Crippen LogP contribution >= 0.6 is 0 Å². The highest BCUT2D eigenvalue weighted by atomic mass is 16.2. The number of rotatable bonds is 3. The van der Waals surface area contributed by atoms with Gasteiger partial charge < -0.3 is 4.90 Å². The lowest BCUT2D eigenvalue weighted by Gasteiger charge is -2.15. The van der Waals surface area contributed by atoms with Crippen molar-refractivity contribution in [2.24, 2.45) is 0 Å². The highest BCUT2D eigenvalue weighted by Crippen LogP contribution is 2.14. The fourth-order valence-corrected chi connectivity index (χ4v) is 2.66. The zero-order valence-electron chi connectivity index (χ0n) is 13.1. The molecule has 0 aliphatic heterocycles. The predicted molar refractivity (Wildman–Crippen MR) is 90.5 cm³/mol. The number of carbonyl (C=O) groups excluding carboxylic acids is 1. The summed E-state index contributed by atoms with van der Waals surface area (Å²) in [5.41, 5.74) is 1.99. The monoisotopic (exact) mass is 317 g/mol. The number of pyridine rings is 2. The molecule has 24 heavy (non-hydrogen) atoms. The maximum atomic E-state index is 12.7. The lowest BCUT2D eigenvalue weighted by molar-refractivity contribution is 0.0776. The molecule has 4 rings (SSSR count). The molecule has 0 unspecified atom stereocenters. The van der Waals surface area contributed by atoms with Crippen LogP contribution in [0.3, 0.4) is 0 Å². The Kier molecular flexibility index (Phi) is 3.42. The van der Waals surface area contributed by atoms with Crippen LogP contribution in [0.4, 0.5) is 0 Å². The van der Waals surface area contributed by atoms with Crippen LogP contribution in [0, 0.1) is 0 Å². The van der Waals surface area contributed by atoms with E-state index in [0.717, 1.165) is 16.6 Å². The van der Waals surface area contributed by atoms with Crippen molar-refractivity contribution in [2.75, 3.05) is 7.05 Å². The first-order chi connectivity index (χ1) is 11.7. The highest BCUT2D eigenvalue weighted by Gasteiger charge is 2.16. The standard InChI is InChI=1S/C18H15N5O/c1-22(12-17-21-20-16-8-4-5-11-23(16)17)18(24)15-10-9-13-6-2-3-7-14(13)19-15/h2-11H,12H2,1H3. The van der Waals surface area contributed by atoms with Gasteiger partial charge in [-0.1, -0.05) is 30.3 Å². The topological polar surface area (TPSA) is 63.4 Å². The summed E-state index contributed by atoms with van der Waals surface area (Å²) in [5, 5.41) is 9.28. The van der Waals surface area contributed by atoms with E-state index in [1.165, 1.54) is 0 Å². The minimum absolute atomic E-state index is 0.145. The molecule has 0 atom stereocenters. The SMILES string of the molecule is CN(Cc1nnc2ccccn12)C(=O)c1ccc2ccccc2n1. The van der Waals surface area contributed by atoms with Gasteiger partial charge in [-0.25, -0.2) is 4.98 Å². The van der Waals surface area contributed by atoms with Crippen LogP contribution in [0.25, 0.3) is 16.6 Å². The quantitative estimate of drug-likeness (QED) is 0.582. The molecular formula is C18H15N5O. The van der Waals surface area contributed by atoms with Crippen molar-refractivity contribution in [3.8, 4) is 0 Å². The van der Waals surface area contributed by atoms with Gasteiger partial charge in [-0.2, -0.15) is 0 Å². The Morgan fingerprint density at radius 2 is 1.88 bits per heavy atom. The van der Waals surface area contributed by atoms with Crippen LogP contribution < -0.4 is 0 Å². The Bertz CT molecular complexity index is 1040. The van der Waals surface area contributed by atoms with Gasteiger partial charge in [0.05, 0.1) is 12.1 Å². The molecule has 0 fully saturated rings. The number of benzene rings is 1. The van der Waals surface area contributed by atoms with E-state index in [9.17, 15) is 4.79 Å². The average Bonchev–Trinajstić information content (AvgIpc) is 3.03. The Morgan fingerprint density at radius 1 is 1.04 bits per heavy atom. The van der Waals surface area contributed by atoms with Gasteiger partial charge in [-0.15, -0.1) is 10.2 Å². The van der Waals surface area contributed by atoms with Gasteiger partial charge in [0, 0.05) is 18.6 Å². The molecule has 6 heteroatoms. The lowest BCUT2D eigenvalue weighted by Crippen LogP contribution is -2.28. The third kappa shape index (κ3) is 2.48. The summed E-state index contributed by atoms with van der Waals surface area (Å²) in [6.45, 7) is 0.360. The molecule has 6 nitrogen and oxygen atoms in total. The summed E-state index contributed by atoms with van der Waals surface area (Å²) >= 11 is 0. The summed E-state index contributed by atoms with van der Waals surface area (Å²) in [5.74, 6) is 0.565. The van der Waals surface area contributed by atoms with Gasteiger partial charge >= 0.3 is 0 Å². The molecule has 1 amide bonds. The first-order valence-corrected chi connectivity index (χ1v) is 7.62.